The molecule has 5 heteroatoms. The highest BCUT2D eigenvalue weighted by Crippen LogP contribution is 2.29. The molecule has 1 amide bonds. The summed E-state index contributed by atoms with van der Waals surface area (Å²) in [6.07, 6.45) is 4.06. The van der Waals surface area contributed by atoms with E-state index >= 15 is 0 Å². The second-order valence-electron chi connectivity index (χ2n) is 6.72. The average molecular weight is 331 g/mol. The monoisotopic (exact) mass is 331 g/mol. The first-order chi connectivity index (χ1) is 11.0. The molecule has 0 spiro atoms. The molecule has 3 rings (SSSR count). The third kappa shape index (κ3) is 4.02. The van der Waals surface area contributed by atoms with Crippen molar-refractivity contribution in [3.63, 3.8) is 0 Å². The van der Waals surface area contributed by atoms with Gasteiger partial charge in [0, 0.05) is 30.7 Å². The summed E-state index contributed by atoms with van der Waals surface area (Å²) >= 11 is 5.56. The van der Waals surface area contributed by atoms with Crippen LogP contribution in [0.3, 0.4) is 0 Å². The Hall–Kier alpha value is -1.62. The predicted octanol–water partition coefficient (Wildman–Crippen LogP) is 2.99. The van der Waals surface area contributed by atoms with Gasteiger partial charge in [0.25, 0.3) is 0 Å². The summed E-state index contributed by atoms with van der Waals surface area (Å²) in [5.74, 6) is 0.541. The summed E-state index contributed by atoms with van der Waals surface area (Å²) in [4.78, 5) is 14.0. The van der Waals surface area contributed by atoms with Gasteiger partial charge in [0.2, 0.25) is 5.91 Å². The number of hydrogen-bond acceptors (Lipinski definition) is 2. The van der Waals surface area contributed by atoms with E-state index in [1.165, 1.54) is 11.1 Å². The van der Waals surface area contributed by atoms with E-state index in [1.54, 1.807) is 0 Å². The second kappa shape index (κ2) is 6.87. The zero-order chi connectivity index (χ0) is 16.4. The minimum Gasteiger partial charge on any atom is -0.353 e. The number of thiocarbonyl (C=S) groups is 1. The van der Waals surface area contributed by atoms with Crippen LogP contribution < -0.4 is 10.6 Å². The summed E-state index contributed by atoms with van der Waals surface area (Å²) in [5, 5.41) is 7.33. The van der Waals surface area contributed by atoms with Gasteiger partial charge in [0.15, 0.2) is 5.11 Å². The number of nitrogens with one attached hydrogen (secondary N) is 2. The first kappa shape index (κ1) is 16.2. The van der Waals surface area contributed by atoms with Crippen molar-refractivity contribution in [3.05, 3.63) is 29.3 Å². The SMILES string of the molecule is Cc1cccc(NC(=S)N2CCC(NC(=O)C3CC3)CC2)c1C. The van der Waals surface area contributed by atoms with Gasteiger partial charge in [-0.15, -0.1) is 0 Å². The highest BCUT2D eigenvalue weighted by Gasteiger charge is 2.32. The quantitative estimate of drug-likeness (QED) is 0.836. The molecular formula is C18H25N3OS. The molecule has 1 heterocycles. The van der Waals surface area contributed by atoms with Crippen LogP contribution in [0.2, 0.25) is 0 Å². The van der Waals surface area contributed by atoms with Gasteiger partial charge in [-0.25, -0.2) is 0 Å². The van der Waals surface area contributed by atoms with Gasteiger partial charge in [0.1, 0.15) is 0 Å². The van der Waals surface area contributed by atoms with E-state index in [9.17, 15) is 4.79 Å². The van der Waals surface area contributed by atoms with Crippen LogP contribution in [0.1, 0.15) is 36.8 Å². The molecule has 0 unspecified atom stereocenters. The van der Waals surface area contributed by atoms with Gasteiger partial charge in [-0.1, -0.05) is 12.1 Å². The maximum absolute atomic E-state index is 11.8. The molecule has 1 saturated carbocycles. The Kier molecular flexibility index (Phi) is 4.85. The smallest absolute Gasteiger partial charge is 0.223 e. The minimum absolute atomic E-state index is 0.250. The molecule has 1 aliphatic carbocycles. The molecule has 4 nitrogen and oxygen atoms in total. The van der Waals surface area contributed by atoms with Crippen LogP contribution >= 0.6 is 12.2 Å². The Morgan fingerprint density at radius 3 is 2.52 bits per heavy atom. The van der Waals surface area contributed by atoms with Crippen LogP contribution in [0, 0.1) is 19.8 Å². The van der Waals surface area contributed by atoms with Crippen LogP contribution in [0.25, 0.3) is 0 Å². The number of likely N-dealkylation sites (tertiary alicyclic amines) is 1. The number of piperidine rings is 1. The number of anilines is 1. The zero-order valence-electron chi connectivity index (χ0n) is 13.9. The van der Waals surface area contributed by atoms with E-state index in [0.29, 0.717) is 12.0 Å². The number of hydrogen-bond donors (Lipinski definition) is 2. The Morgan fingerprint density at radius 1 is 1.17 bits per heavy atom. The largest absolute Gasteiger partial charge is 0.353 e. The topological polar surface area (TPSA) is 44.4 Å². The fraction of sp³-hybridized carbons (Fsp3) is 0.556. The molecule has 23 heavy (non-hydrogen) atoms. The Bertz CT molecular complexity index is 604. The van der Waals surface area contributed by atoms with Gasteiger partial charge in [0.05, 0.1) is 0 Å². The first-order valence-corrected chi connectivity index (χ1v) is 8.88. The van der Waals surface area contributed by atoms with Crippen molar-refractivity contribution in [2.45, 2.75) is 45.6 Å². The standard InChI is InChI=1S/C18H25N3OS/c1-12-4-3-5-16(13(12)2)20-18(23)21-10-8-15(9-11-21)19-17(22)14-6-7-14/h3-5,14-15H,6-11H2,1-2H3,(H,19,22)(H,20,23). The van der Waals surface area contributed by atoms with E-state index in [2.05, 4.69) is 41.5 Å². The zero-order valence-corrected chi connectivity index (χ0v) is 14.7. The summed E-state index contributed by atoms with van der Waals surface area (Å²) in [6.45, 7) is 6.01. The molecule has 1 aliphatic heterocycles. The van der Waals surface area contributed by atoms with Crippen LogP contribution in [-0.2, 0) is 4.79 Å². The van der Waals surface area contributed by atoms with Gasteiger partial charge in [-0.2, -0.15) is 0 Å². The Labute approximate surface area is 143 Å². The van der Waals surface area contributed by atoms with Crippen LogP contribution in [-0.4, -0.2) is 35.1 Å². The van der Waals surface area contributed by atoms with Crippen LogP contribution in [0.15, 0.2) is 18.2 Å². The lowest BCUT2D eigenvalue weighted by Gasteiger charge is -2.34. The lowest BCUT2D eigenvalue weighted by molar-refractivity contribution is -0.123. The van der Waals surface area contributed by atoms with Gasteiger partial charge < -0.3 is 15.5 Å². The van der Waals surface area contributed by atoms with Crippen LogP contribution in [0.4, 0.5) is 5.69 Å². The third-order valence-electron chi connectivity index (χ3n) is 4.92. The Morgan fingerprint density at radius 2 is 1.87 bits per heavy atom. The molecule has 1 aromatic carbocycles. The highest BCUT2D eigenvalue weighted by molar-refractivity contribution is 7.80. The number of benzene rings is 1. The normalized spacial score (nSPS) is 18.6. The van der Waals surface area contributed by atoms with Crippen molar-refractivity contribution in [1.29, 1.82) is 0 Å². The molecule has 1 saturated heterocycles. The number of amides is 1. The van der Waals surface area contributed by atoms with Crippen molar-refractivity contribution in [2.24, 2.45) is 5.92 Å². The van der Waals surface area contributed by atoms with E-state index < -0.39 is 0 Å². The van der Waals surface area contributed by atoms with E-state index in [1.807, 2.05) is 6.07 Å². The van der Waals surface area contributed by atoms with Gasteiger partial charge in [-0.3, -0.25) is 4.79 Å². The molecule has 2 N–H and O–H groups in total. The number of nitrogens with zero attached hydrogens (tertiary/aromatic N) is 1. The number of carbonyl (C=O) groups excluding carboxylic acids is 1. The summed E-state index contributed by atoms with van der Waals surface area (Å²) in [5.41, 5.74) is 3.58. The van der Waals surface area contributed by atoms with Crippen molar-refractivity contribution < 1.29 is 4.79 Å². The summed E-state index contributed by atoms with van der Waals surface area (Å²) < 4.78 is 0. The van der Waals surface area contributed by atoms with E-state index in [-0.39, 0.29) is 5.91 Å². The van der Waals surface area contributed by atoms with Crippen molar-refractivity contribution in [3.8, 4) is 0 Å². The molecule has 1 aromatic rings. The molecule has 124 valence electrons. The molecule has 2 aliphatic rings. The Balaban J connectivity index is 1.49. The van der Waals surface area contributed by atoms with Gasteiger partial charge in [-0.05, 0) is 68.9 Å². The molecule has 0 radical (unpaired) electrons. The second-order valence-corrected chi connectivity index (χ2v) is 7.11. The maximum Gasteiger partial charge on any atom is 0.223 e. The fourth-order valence-corrected chi connectivity index (χ4v) is 3.26. The summed E-state index contributed by atoms with van der Waals surface area (Å²) in [6, 6.07) is 6.53. The number of rotatable bonds is 3. The number of carbonyl (C=O) groups is 1. The fourth-order valence-electron chi connectivity index (χ4n) is 2.97. The van der Waals surface area contributed by atoms with E-state index in [4.69, 9.17) is 12.2 Å². The first-order valence-electron chi connectivity index (χ1n) is 8.47. The molecule has 0 aromatic heterocycles. The molecular weight excluding hydrogens is 306 g/mol. The summed E-state index contributed by atoms with van der Waals surface area (Å²) in [7, 11) is 0. The molecule has 0 bridgehead atoms. The lowest BCUT2D eigenvalue weighted by Crippen LogP contribution is -2.48. The molecule has 0 atom stereocenters. The van der Waals surface area contributed by atoms with Crippen molar-refractivity contribution in [1.82, 2.24) is 10.2 Å². The maximum atomic E-state index is 11.8. The van der Waals surface area contributed by atoms with E-state index in [0.717, 1.165) is 49.6 Å². The van der Waals surface area contributed by atoms with Crippen LogP contribution in [0.5, 0.6) is 0 Å². The number of aryl methyl sites for hydroxylation is 1. The highest BCUT2D eigenvalue weighted by atomic mass is 32.1. The van der Waals surface area contributed by atoms with Crippen molar-refractivity contribution >= 4 is 28.9 Å². The third-order valence-corrected chi connectivity index (χ3v) is 5.28. The minimum atomic E-state index is 0.250. The van der Waals surface area contributed by atoms with Crippen molar-refractivity contribution in [2.75, 3.05) is 18.4 Å². The lowest BCUT2D eigenvalue weighted by atomic mass is 10.0. The average Bonchev–Trinajstić information content (AvgIpc) is 3.37. The predicted molar refractivity (Wildman–Crippen MR) is 97.6 cm³/mol. The molecule has 2 fully saturated rings. The van der Waals surface area contributed by atoms with Gasteiger partial charge >= 0.3 is 0 Å².